The Labute approximate surface area is 134 Å². The number of halogens is 2. The molecule has 0 fully saturated rings. The summed E-state index contributed by atoms with van der Waals surface area (Å²) >= 11 is 10.3. The van der Waals surface area contributed by atoms with Gasteiger partial charge in [0.15, 0.2) is 0 Å². The van der Waals surface area contributed by atoms with Gasteiger partial charge in [-0.2, -0.15) is 0 Å². The fourth-order valence-corrected chi connectivity index (χ4v) is 3.84. The zero-order chi connectivity index (χ0) is 14.9. The molecule has 1 atom stereocenters. The van der Waals surface area contributed by atoms with Crippen molar-refractivity contribution in [3.63, 3.8) is 0 Å². The van der Waals surface area contributed by atoms with Crippen LogP contribution >= 0.6 is 27.5 Å². The van der Waals surface area contributed by atoms with Gasteiger partial charge in [-0.05, 0) is 55.2 Å². The second-order valence-electron chi connectivity index (χ2n) is 5.06. The van der Waals surface area contributed by atoms with Crippen molar-refractivity contribution in [1.29, 1.82) is 0 Å². The summed E-state index contributed by atoms with van der Waals surface area (Å²) < 4.78 is 6.19. The zero-order valence-corrected chi connectivity index (χ0v) is 14.5. The van der Waals surface area contributed by atoms with Crippen molar-refractivity contribution in [2.75, 3.05) is 7.11 Å². The summed E-state index contributed by atoms with van der Waals surface area (Å²) in [6.07, 6.45) is 0. The van der Waals surface area contributed by atoms with Crippen molar-refractivity contribution >= 4 is 27.5 Å². The molecule has 1 nitrogen and oxygen atoms in total. The molecule has 1 unspecified atom stereocenters. The Bertz CT molecular complexity index is 614. The van der Waals surface area contributed by atoms with Crippen LogP contribution < -0.4 is 4.74 Å². The molecule has 3 heteroatoms. The number of hydrogen-bond acceptors (Lipinski definition) is 1. The molecule has 106 valence electrons. The van der Waals surface area contributed by atoms with Crippen LogP contribution in [0.1, 0.15) is 33.2 Å². The van der Waals surface area contributed by atoms with E-state index in [4.69, 9.17) is 16.3 Å². The van der Waals surface area contributed by atoms with Crippen LogP contribution in [-0.2, 0) is 0 Å². The monoisotopic (exact) mass is 352 g/mol. The highest BCUT2D eigenvalue weighted by molar-refractivity contribution is 9.10. The molecule has 20 heavy (non-hydrogen) atoms. The summed E-state index contributed by atoms with van der Waals surface area (Å²) in [5.41, 5.74) is 5.96. The van der Waals surface area contributed by atoms with Gasteiger partial charge < -0.3 is 4.74 Å². The summed E-state index contributed by atoms with van der Waals surface area (Å²) in [5, 5.41) is -0.170. The standard InChI is InChI=1S/C17H18BrClO/c1-10-7-11(2)16(12(3)8-10)17(19)14-6-5-13(20-4)9-15(14)18/h5-9,17H,1-4H3. The molecule has 0 amide bonds. The largest absolute Gasteiger partial charge is 0.497 e. The van der Waals surface area contributed by atoms with Crippen molar-refractivity contribution < 1.29 is 4.74 Å². The molecule has 0 N–H and O–H groups in total. The van der Waals surface area contributed by atoms with Crippen molar-refractivity contribution in [1.82, 2.24) is 0 Å². The number of benzene rings is 2. The maximum absolute atomic E-state index is 6.72. The van der Waals surface area contributed by atoms with Gasteiger partial charge in [-0.3, -0.25) is 0 Å². The average Bonchev–Trinajstić information content (AvgIpc) is 2.37. The minimum atomic E-state index is -0.170. The van der Waals surface area contributed by atoms with E-state index in [1.165, 1.54) is 22.3 Å². The third-order valence-electron chi connectivity index (χ3n) is 3.47. The van der Waals surface area contributed by atoms with Crippen LogP contribution in [0.25, 0.3) is 0 Å². The second-order valence-corrected chi connectivity index (χ2v) is 6.35. The fraction of sp³-hybridized carbons (Fsp3) is 0.294. The first kappa shape index (κ1) is 15.4. The van der Waals surface area contributed by atoms with Crippen molar-refractivity contribution in [3.05, 3.63) is 62.6 Å². The van der Waals surface area contributed by atoms with Gasteiger partial charge in [-0.1, -0.05) is 39.7 Å². The summed E-state index contributed by atoms with van der Waals surface area (Å²) in [5.74, 6) is 0.821. The Morgan fingerprint density at radius 3 is 2.15 bits per heavy atom. The molecule has 0 saturated carbocycles. The predicted octanol–water partition coefficient (Wildman–Crippen LogP) is 5.71. The normalized spacial score (nSPS) is 12.3. The number of aryl methyl sites for hydroxylation is 3. The third-order valence-corrected chi connectivity index (χ3v) is 4.61. The van der Waals surface area contributed by atoms with Gasteiger partial charge in [0.2, 0.25) is 0 Å². The number of ether oxygens (including phenoxy) is 1. The van der Waals surface area contributed by atoms with Crippen LogP contribution in [-0.4, -0.2) is 7.11 Å². The van der Waals surface area contributed by atoms with Gasteiger partial charge in [-0.15, -0.1) is 11.6 Å². The smallest absolute Gasteiger partial charge is 0.120 e. The van der Waals surface area contributed by atoms with E-state index in [1.807, 2.05) is 18.2 Å². The number of hydrogen-bond donors (Lipinski definition) is 0. The Kier molecular flexibility index (Phi) is 4.77. The summed E-state index contributed by atoms with van der Waals surface area (Å²) in [6, 6.07) is 10.3. The molecule has 0 heterocycles. The van der Waals surface area contributed by atoms with Gasteiger partial charge in [-0.25, -0.2) is 0 Å². The van der Waals surface area contributed by atoms with E-state index in [1.54, 1.807) is 7.11 Å². The Hall–Kier alpha value is -0.990. The van der Waals surface area contributed by atoms with Gasteiger partial charge in [0.25, 0.3) is 0 Å². The molecule has 0 bridgehead atoms. The van der Waals surface area contributed by atoms with Crippen molar-refractivity contribution in [3.8, 4) is 5.75 Å². The topological polar surface area (TPSA) is 9.23 Å². The van der Waals surface area contributed by atoms with Gasteiger partial charge in [0, 0.05) is 4.47 Å². The molecule has 2 aromatic carbocycles. The first-order valence-corrected chi connectivity index (χ1v) is 7.72. The Morgan fingerprint density at radius 2 is 1.65 bits per heavy atom. The molecule has 0 saturated heterocycles. The molecular weight excluding hydrogens is 336 g/mol. The SMILES string of the molecule is COc1ccc(C(Cl)c2c(C)cc(C)cc2C)c(Br)c1. The van der Waals surface area contributed by atoms with Crippen molar-refractivity contribution in [2.24, 2.45) is 0 Å². The van der Waals surface area contributed by atoms with Gasteiger partial charge in [0.1, 0.15) is 5.75 Å². The van der Waals surface area contributed by atoms with E-state index in [0.717, 1.165) is 15.8 Å². The highest BCUT2D eigenvalue weighted by Crippen LogP contribution is 2.38. The quantitative estimate of drug-likeness (QED) is 0.642. The fourth-order valence-electron chi connectivity index (χ4n) is 2.59. The van der Waals surface area contributed by atoms with Crippen LogP contribution in [0.4, 0.5) is 0 Å². The number of methoxy groups -OCH3 is 1. The van der Waals surface area contributed by atoms with Crippen LogP contribution in [0.3, 0.4) is 0 Å². The van der Waals surface area contributed by atoms with Gasteiger partial charge in [0.05, 0.1) is 12.5 Å². The average molecular weight is 354 g/mol. The number of rotatable bonds is 3. The lowest BCUT2D eigenvalue weighted by Gasteiger charge is -2.18. The molecule has 0 aliphatic heterocycles. The zero-order valence-electron chi connectivity index (χ0n) is 12.1. The highest BCUT2D eigenvalue weighted by atomic mass is 79.9. The third kappa shape index (κ3) is 3.02. The van der Waals surface area contributed by atoms with E-state index in [9.17, 15) is 0 Å². The molecule has 2 rings (SSSR count). The molecule has 0 spiro atoms. The lowest BCUT2D eigenvalue weighted by atomic mass is 9.94. The Balaban J connectivity index is 2.49. The van der Waals surface area contributed by atoms with Gasteiger partial charge >= 0.3 is 0 Å². The van der Waals surface area contributed by atoms with E-state index in [-0.39, 0.29) is 5.38 Å². The first-order valence-electron chi connectivity index (χ1n) is 6.49. The van der Waals surface area contributed by atoms with E-state index < -0.39 is 0 Å². The maximum Gasteiger partial charge on any atom is 0.120 e. The molecule has 0 aliphatic rings. The summed E-state index contributed by atoms with van der Waals surface area (Å²) in [4.78, 5) is 0. The summed E-state index contributed by atoms with van der Waals surface area (Å²) in [6.45, 7) is 6.33. The van der Waals surface area contributed by atoms with E-state index in [0.29, 0.717) is 0 Å². The predicted molar refractivity (Wildman–Crippen MR) is 89.0 cm³/mol. The molecular formula is C17H18BrClO. The molecule has 2 aromatic rings. The lowest BCUT2D eigenvalue weighted by molar-refractivity contribution is 0.414. The minimum Gasteiger partial charge on any atom is -0.497 e. The minimum absolute atomic E-state index is 0.170. The van der Waals surface area contributed by atoms with Crippen LogP contribution in [0.2, 0.25) is 0 Å². The molecule has 0 radical (unpaired) electrons. The lowest BCUT2D eigenvalue weighted by Crippen LogP contribution is -2.01. The van der Waals surface area contributed by atoms with Crippen LogP contribution in [0.15, 0.2) is 34.8 Å². The maximum atomic E-state index is 6.72. The second kappa shape index (κ2) is 6.19. The van der Waals surface area contributed by atoms with Crippen LogP contribution in [0, 0.1) is 20.8 Å². The van der Waals surface area contributed by atoms with Crippen LogP contribution in [0.5, 0.6) is 5.75 Å². The van der Waals surface area contributed by atoms with Crippen molar-refractivity contribution in [2.45, 2.75) is 26.1 Å². The first-order chi connectivity index (χ1) is 9.43. The molecule has 0 aromatic heterocycles. The van der Waals surface area contributed by atoms with E-state index >= 15 is 0 Å². The Morgan fingerprint density at radius 1 is 1.05 bits per heavy atom. The molecule has 0 aliphatic carbocycles. The van der Waals surface area contributed by atoms with E-state index in [2.05, 4.69) is 48.8 Å². The summed E-state index contributed by atoms with van der Waals surface area (Å²) in [7, 11) is 1.66. The highest BCUT2D eigenvalue weighted by Gasteiger charge is 2.18. The number of alkyl halides is 1.